The predicted octanol–water partition coefficient (Wildman–Crippen LogP) is 4.67. The number of fused-ring (bicyclic) bond motifs is 1. The monoisotopic (exact) mass is 534 g/mol. The Kier molecular flexibility index (Phi) is 7.51. The zero-order chi connectivity index (χ0) is 26.8. The summed E-state index contributed by atoms with van der Waals surface area (Å²) >= 11 is 0. The van der Waals surface area contributed by atoms with Crippen LogP contribution in [0.4, 0.5) is 20.4 Å². The number of likely N-dealkylation sites (N-methyl/N-ethyl adjacent to an activating group) is 1. The molecule has 0 aliphatic carbocycles. The molecule has 2 aliphatic heterocycles. The molecule has 1 N–H and O–H groups in total. The molecule has 2 aromatic carbocycles. The first-order chi connectivity index (χ1) is 19.1. The molecule has 2 fully saturated rings. The van der Waals surface area contributed by atoms with Crippen molar-refractivity contribution in [2.45, 2.75) is 19.5 Å². The smallest absolute Gasteiger partial charge is 0.229 e. The maximum Gasteiger partial charge on any atom is 0.229 e. The predicted molar refractivity (Wildman–Crippen MR) is 145 cm³/mol. The summed E-state index contributed by atoms with van der Waals surface area (Å²) in [6.45, 7) is 8.21. The number of hydrogen-bond donors (Lipinski definition) is 1. The molecule has 6 rings (SSSR count). The molecule has 4 heterocycles. The topological polar surface area (TPSA) is 67.7 Å². The van der Waals surface area contributed by atoms with E-state index in [4.69, 9.17) is 9.47 Å². The second-order valence-electron chi connectivity index (χ2n) is 9.90. The van der Waals surface area contributed by atoms with Crippen molar-refractivity contribution in [3.8, 4) is 5.69 Å². The molecule has 204 valence electrons. The van der Waals surface area contributed by atoms with E-state index < -0.39 is 11.6 Å². The molecule has 0 spiro atoms. The van der Waals surface area contributed by atoms with E-state index in [1.54, 1.807) is 17.0 Å². The lowest BCUT2D eigenvalue weighted by atomic mass is 10.0. The van der Waals surface area contributed by atoms with Crippen LogP contribution in [0.5, 0.6) is 0 Å². The highest BCUT2D eigenvalue weighted by molar-refractivity contribution is 5.78. The molecule has 1 atom stereocenters. The van der Waals surface area contributed by atoms with E-state index in [1.165, 1.54) is 17.7 Å². The lowest BCUT2D eigenvalue weighted by molar-refractivity contribution is -0.00574. The normalized spacial score (nSPS) is 19.0. The molecule has 0 saturated carbocycles. The van der Waals surface area contributed by atoms with Crippen LogP contribution in [0.25, 0.3) is 16.7 Å². The van der Waals surface area contributed by atoms with Crippen molar-refractivity contribution in [3.05, 3.63) is 77.6 Å². The van der Waals surface area contributed by atoms with Gasteiger partial charge in [-0.3, -0.25) is 9.80 Å². The van der Waals surface area contributed by atoms with Gasteiger partial charge in [-0.1, -0.05) is 19.1 Å². The number of benzene rings is 2. The summed E-state index contributed by atoms with van der Waals surface area (Å²) in [5, 5.41) is 4.02. The Morgan fingerprint density at radius 3 is 2.46 bits per heavy atom. The van der Waals surface area contributed by atoms with Crippen molar-refractivity contribution in [2.24, 2.45) is 0 Å². The van der Waals surface area contributed by atoms with E-state index in [0.29, 0.717) is 50.2 Å². The Morgan fingerprint density at radius 2 is 1.72 bits per heavy atom. The molecule has 39 heavy (non-hydrogen) atoms. The average Bonchev–Trinajstić information content (AvgIpc) is 3.39. The summed E-state index contributed by atoms with van der Waals surface area (Å²) in [5.41, 5.74) is 3.05. The van der Waals surface area contributed by atoms with Crippen molar-refractivity contribution in [1.82, 2.24) is 24.3 Å². The first-order valence-corrected chi connectivity index (χ1v) is 13.4. The number of nitrogens with zero attached hydrogens (tertiary/aromatic N) is 5. The minimum absolute atomic E-state index is 0.0689. The van der Waals surface area contributed by atoms with Crippen LogP contribution in [0.1, 0.15) is 24.1 Å². The van der Waals surface area contributed by atoms with E-state index in [-0.39, 0.29) is 18.2 Å². The van der Waals surface area contributed by atoms with Gasteiger partial charge in [0, 0.05) is 55.2 Å². The van der Waals surface area contributed by atoms with Gasteiger partial charge in [0.05, 0.1) is 38.2 Å². The van der Waals surface area contributed by atoms with E-state index in [2.05, 4.69) is 39.2 Å². The lowest BCUT2D eigenvalue weighted by Crippen LogP contribution is -2.39. The van der Waals surface area contributed by atoms with Gasteiger partial charge in [-0.05, 0) is 42.4 Å². The van der Waals surface area contributed by atoms with E-state index in [9.17, 15) is 0 Å². The first kappa shape index (κ1) is 25.8. The van der Waals surface area contributed by atoms with Gasteiger partial charge < -0.3 is 19.4 Å². The molecule has 10 heteroatoms. The molecule has 2 aromatic heterocycles. The summed E-state index contributed by atoms with van der Waals surface area (Å²) < 4.78 is 42.9. The van der Waals surface area contributed by atoms with Gasteiger partial charge in [0.2, 0.25) is 5.95 Å². The van der Waals surface area contributed by atoms with Gasteiger partial charge in [-0.15, -0.1) is 0 Å². The highest BCUT2D eigenvalue weighted by Gasteiger charge is 2.23. The van der Waals surface area contributed by atoms with Crippen LogP contribution in [-0.4, -0.2) is 76.9 Å². The third-order valence-corrected chi connectivity index (χ3v) is 7.51. The van der Waals surface area contributed by atoms with E-state index in [1.807, 2.05) is 23.1 Å². The summed E-state index contributed by atoms with van der Waals surface area (Å²) in [6.07, 6.45) is 3.45. The summed E-state index contributed by atoms with van der Waals surface area (Å²) in [4.78, 5) is 13.5. The molecular weight excluding hydrogens is 502 g/mol. The van der Waals surface area contributed by atoms with Crippen LogP contribution in [0.15, 0.2) is 54.9 Å². The van der Waals surface area contributed by atoms with Gasteiger partial charge in [0.1, 0.15) is 17.3 Å². The van der Waals surface area contributed by atoms with Gasteiger partial charge in [0.15, 0.2) is 0 Å². The second kappa shape index (κ2) is 11.4. The number of aromatic nitrogens is 3. The molecule has 0 amide bonds. The van der Waals surface area contributed by atoms with Crippen LogP contribution in [0, 0.1) is 11.6 Å². The SMILES string of the molecule is CCN1CCOC[C@@H]1c1ccc(Nc2ncc3ccn(-c4cc(F)c(CN5CCOCC5)c(F)c4)c3n2)cc1. The number of nitrogens with one attached hydrogen (secondary N) is 1. The maximum atomic E-state index is 15.1. The third kappa shape index (κ3) is 5.51. The average molecular weight is 535 g/mol. The second-order valence-corrected chi connectivity index (χ2v) is 9.90. The number of rotatable bonds is 7. The van der Waals surface area contributed by atoms with Gasteiger partial charge in [0.25, 0.3) is 0 Å². The lowest BCUT2D eigenvalue weighted by Gasteiger charge is -2.35. The Labute approximate surface area is 226 Å². The number of anilines is 2. The van der Waals surface area contributed by atoms with Gasteiger partial charge >= 0.3 is 0 Å². The van der Waals surface area contributed by atoms with Gasteiger partial charge in [-0.25, -0.2) is 13.8 Å². The Balaban J connectivity index is 1.22. The van der Waals surface area contributed by atoms with Crippen LogP contribution in [0.3, 0.4) is 0 Å². The molecule has 4 aromatic rings. The molecule has 2 saturated heterocycles. The number of ether oxygens (including phenoxy) is 2. The molecule has 2 aliphatic rings. The number of morpholine rings is 2. The Bertz CT molecular complexity index is 1410. The summed E-state index contributed by atoms with van der Waals surface area (Å²) in [5.74, 6) is -0.747. The fourth-order valence-electron chi connectivity index (χ4n) is 5.29. The Morgan fingerprint density at radius 1 is 0.974 bits per heavy atom. The van der Waals surface area contributed by atoms with Crippen molar-refractivity contribution in [2.75, 3.05) is 57.9 Å². The Hall–Kier alpha value is -3.44. The van der Waals surface area contributed by atoms with E-state index in [0.717, 1.165) is 30.8 Å². The molecule has 0 unspecified atom stereocenters. The van der Waals surface area contributed by atoms with Crippen LogP contribution in [0.2, 0.25) is 0 Å². The van der Waals surface area contributed by atoms with Crippen LogP contribution >= 0.6 is 0 Å². The quantitative estimate of drug-likeness (QED) is 0.370. The highest BCUT2D eigenvalue weighted by atomic mass is 19.1. The third-order valence-electron chi connectivity index (χ3n) is 7.51. The van der Waals surface area contributed by atoms with Gasteiger partial charge in [-0.2, -0.15) is 4.98 Å². The minimum Gasteiger partial charge on any atom is -0.379 e. The number of hydrogen-bond acceptors (Lipinski definition) is 7. The molecular formula is C29H32F2N6O2. The van der Waals surface area contributed by atoms with Crippen molar-refractivity contribution >= 4 is 22.7 Å². The van der Waals surface area contributed by atoms with Crippen molar-refractivity contribution in [1.29, 1.82) is 0 Å². The van der Waals surface area contributed by atoms with Crippen LogP contribution in [-0.2, 0) is 16.0 Å². The molecule has 0 bridgehead atoms. The van der Waals surface area contributed by atoms with Crippen molar-refractivity contribution < 1.29 is 18.3 Å². The standard InChI is InChI=1S/C29H32F2N6O2/c1-2-36-11-14-39-19-27(36)20-3-5-22(6-4-20)33-29-32-17-21-7-8-37(28(21)34-29)23-15-25(30)24(26(31)16-23)18-35-9-12-38-13-10-35/h3-8,15-17,27H,2,9-14,18-19H2,1H3,(H,32,33,34)/t27-/m1/s1. The summed E-state index contributed by atoms with van der Waals surface area (Å²) in [7, 11) is 0. The number of halogens is 2. The molecule has 0 radical (unpaired) electrons. The summed E-state index contributed by atoms with van der Waals surface area (Å²) in [6, 6.07) is 13.0. The highest BCUT2D eigenvalue weighted by Crippen LogP contribution is 2.27. The van der Waals surface area contributed by atoms with Crippen LogP contribution < -0.4 is 5.32 Å². The maximum absolute atomic E-state index is 15.1. The fourth-order valence-corrected chi connectivity index (χ4v) is 5.29. The molecule has 8 nitrogen and oxygen atoms in total. The van der Waals surface area contributed by atoms with E-state index >= 15 is 8.78 Å². The first-order valence-electron chi connectivity index (χ1n) is 13.4. The zero-order valence-electron chi connectivity index (χ0n) is 21.9. The largest absolute Gasteiger partial charge is 0.379 e. The fraction of sp³-hybridized carbons (Fsp3) is 0.379. The van der Waals surface area contributed by atoms with Crippen molar-refractivity contribution in [3.63, 3.8) is 0 Å². The zero-order valence-corrected chi connectivity index (χ0v) is 21.9. The minimum atomic E-state index is -0.573.